The molecule has 2 amide bonds. The van der Waals surface area contributed by atoms with Gasteiger partial charge in [-0.25, -0.2) is 0 Å². The molecular formula is C22H26N2O3. The average molecular weight is 366 g/mol. The Balaban J connectivity index is 1.88. The molecule has 0 radical (unpaired) electrons. The first-order valence-electron chi connectivity index (χ1n) is 9.28. The summed E-state index contributed by atoms with van der Waals surface area (Å²) in [6, 6.07) is 17.0. The van der Waals surface area contributed by atoms with E-state index in [1.807, 2.05) is 68.4 Å². The van der Waals surface area contributed by atoms with Crippen LogP contribution in [-0.2, 0) is 4.79 Å². The smallest absolute Gasteiger partial charge is 0.253 e. The number of hydrogen-bond acceptors (Lipinski definition) is 3. The molecule has 1 aliphatic heterocycles. The molecule has 5 nitrogen and oxygen atoms in total. The summed E-state index contributed by atoms with van der Waals surface area (Å²) < 4.78 is 5.34. The molecule has 0 spiro atoms. The Morgan fingerprint density at radius 3 is 2.48 bits per heavy atom. The molecule has 1 heterocycles. The third kappa shape index (κ3) is 4.30. The molecule has 0 bridgehead atoms. The van der Waals surface area contributed by atoms with Crippen LogP contribution in [0.2, 0.25) is 0 Å². The van der Waals surface area contributed by atoms with Crippen molar-refractivity contribution in [3.8, 4) is 5.75 Å². The van der Waals surface area contributed by atoms with Crippen LogP contribution in [0.15, 0.2) is 54.6 Å². The Bertz CT molecular complexity index is 804. The number of carbonyl (C=O) groups excluding carboxylic acids is 2. The number of likely N-dealkylation sites (tertiary alicyclic amines) is 1. The van der Waals surface area contributed by atoms with Gasteiger partial charge < -0.3 is 15.0 Å². The lowest BCUT2D eigenvalue weighted by molar-refractivity contribution is -0.125. The summed E-state index contributed by atoms with van der Waals surface area (Å²) in [5, 5.41) is 3.00. The van der Waals surface area contributed by atoms with E-state index in [-0.39, 0.29) is 29.7 Å². The van der Waals surface area contributed by atoms with Crippen molar-refractivity contribution in [2.45, 2.75) is 25.8 Å². The molecule has 2 aromatic carbocycles. The zero-order chi connectivity index (χ0) is 19.4. The third-order valence-electron chi connectivity index (χ3n) is 4.92. The first-order valence-corrected chi connectivity index (χ1v) is 9.28. The Kier molecular flexibility index (Phi) is 5.79. The summed E-state index contributed by atoms with van der Waals surface area (Å²) in [6.45, 7) is 4.81. The van der Waals surface area contributed by atoms with Crippen molar-refractivity contribution >= 4 is 11.8 Å². The van der Waals surface area contributed by atoms with Gasteiger partial charge in [0.2, 0.25) is 5.91 Å². The number of ether oxygens (including phenoxy) is 1. The highest BCUT2D eigenvalue weighted by atomic mass is 16.5. The summed E-state index contributed by atoms with van der Waals surface area (Å²) in [7, 11) is 1.63. The number of benzene rings is 2. The molecule has 1 N–H and O–H groups in total. The zero-order valence-corrected chi connectivity index (χ0v) is 16.0. The van der Waals surface area contributed by atoms with Gasteiger partial charge in [-0.15, -0.1) is 0 Å². The maximum Gasteiger partial charge on any atom is 0.253 e. The van der Waals surface area contributed by atoms with Gasteiger partial charge in [-0.3, -0.25) is 9.59 Å². The Labute approximate surface area is 160 Å². The second-order valence-corrected chi connectivity index (χ2v) is 7.23. The highest BCUT2D eigenvalue weighted by Gasteiger charge is 2.40. The quantitative estimate of drug-likeness (QED) is 0.885. The fraction of sp³-hybridized carbons (Fsp3) is 0.364. The average Bonchev–Trinajstić information content (AvgIpc) is 3.13. The van der Waals surface area contributed by atoms with Gasteiger partial charge in [-0.05, 0) is 43.7 Å². The van der Waals surface area contributed by atoms with Crippen LogP contribution in [0.3, 0.4) is 0 Å². The summed E-state index contributed by atoms with van der Waals surface area (Å²) in [4.78, 5) is 27.5. The van der Waals surface area contributed by atoms with Crippen LogP contribution in [0.1, 0.15) is 35.7 Å². The lowest BCUT2D eigenvalue weighted by atomic mass is 9.88. The number of nitrogens with one attached hydrogen (secondary N) is 1. The van der Waals surface area contributed by atoms with E-state index < -0.39 is 0 Å². The lowest BCUT2D eigenvalue weighted by Crippen LogP contribution is -2.39. The molecule has 0 unspecified atom stereocenters. The maximum absolute atomic E-state index is 12.9. The Hall–Kier alpha value is -2.82. The first kappa shape index (κ1) is 19.0. The molecule has 1 aliphatic rings. The van der Waals surface area contributed by atoms with E-state index in [1.54, 1.807) is 12.0 Å². The molecule has 3 rings (SSSR count). The Morgan fingerprint density at radius 1 is 1.07 bits per heavy atom. The predicted molar refractivity (Wildman–Crippen MR) is 105 cm³/mol. The van der Waals surface area contributed by atoms with Gasteiger partial charge in [0.25, 0.3) is 5.91 Å². The van der Waals surface area contributed by atoms with E-state index in [1.165, 1.54) is 0 Å². The Morgan fingerprint density at radius 2 is 1.81 bits per heavy atom. The summed E-state index contributed by atoms with van der Waals surface area (Å²) in [6.07, 6.45) is 0. The van der Waals surface area contributed by atoms with Crippen molar-refractivity contribution in [1.29, 1.82) is 0 Å². The minimum atomic E-state index is -0.285. The van der Waals surface area contributed by atoms with Crippen molar-refractivity contribution < 1.29 is 14.3 Å². The van der Waals surface area contributed by atoms with E-state index in [0.29, 0.717) is 18.7 Å². The van der Waals surface area contributed by atoms with E-state index in [0.717, 1.165) is 11.3 Å². The summed E-state index contributed by atoms with van der Waals surface area (Å²) >= 11 is 0. The molecule has 27 heavy (non-hydrogen) atoms. The van der Waals surface area contributed by atoms with Gasteiger partial charge in [0, 0.05) is 30.6 Å². The number of carbonyl (C=O) groups is 2. The second-order valence-electron chi connectivity index (χ2n) is 7.23. The van der Waals surface area contributed by atoms with Crippen molar-refractivity contribution in [2.75, 3.05) is 20.2 Å². The predicted octanol–water partition coefficient (Wildman–Crippen LogP) is 3.08. The molecule has 1 saturated heterocycles. The van der Waals surface area contributed by atoms with Gasteiger partial charge in [0.05, 0.1) is 13.0 Å². The standard InChI is InChI=1S/C22H26N2O3/c1-15(2)23-21(25)20-14-24(22(26)16-8-5-4-6-9-16)13-19(20)17-10-7-11-18(12-17)27-3/h4-12,15,19-20H,13-14H2,1-3H3,(H,23,25)/t19-,20-/m0/s1. The maximum atomic E-state index is 12.9. The van der Waals surface area contributed by atoms with Gasteiger partial charge in [-0.1, -0.05) is 30.3 Å². The minimum absolute atomic E-state index is 0.0128. The lowest BCUT2D eigenvalue weighted by Gasteiger charge is -2.20. The molecule has 2 aromatic rings. The van der Waals surface area contributed by atoms with Gasteiger partial charge in [0.1, 0.15) is 5.75 Å². The number of hydrogen-bond donors (Lipinski definition) is 1. The van der Waals surface area contributed by atoms with Crippen LogP contribution < -0.4 is 10.1 Å². The van der Waals surface area contributed by atoms with Crippen molar-refractivity contribution in [1.82, 2.24) is 10.2 Å². The first-order chi connectivity index (χ1) is 13.0. The SMILES string of the molecule is COc1cccc([C@@H]2CN(C(=O)c3ccccc3)C[C@@H]2C(=O)NC(C)C)c1. The van der Waals surface area contributed by atoms with E-state index in [9.17, 15) is 9.59 Å². The van der Waals surface area contributed by atoms with Crippen LogP contribution in [0.5, 0.6) is 5.75 Å². The fourth-order valence-corrected chi connectivity index (χ4v) is 3.60. The highest BCUT2D eigenvalue weighted by molar-refractivity contribution is 5.95. The van der Waals surface area contributed by atoms with Gasteiger partial charge in [-0.2, -0.15) is 0 Å². The van der Waals surface area contributed by atoms with Crippen LogP contribution in [0.25, 0.3) is 0 Å². The molecule has 0 aromatic heterocycles. The third-order valence-corrected chi connectivity index (χ3v) is 4.92. The molecule has 142 valence electrons. The van der Waals surface area contributed by atoms with E-state index in [4.69, 9.17) is 4.74 Å². The van der Waals surface area contributed by atoms with Crippen molar-refractivity contribution in [3.05, 3.63) is 65.7 Å². The van der Waals surface area contributed by atoms with Crippen LogP contribution in [-0.4, -0.2) is 43.0 Å². The van der Waals surface area contributed by atoms with Crippen LogP contribution >= 0.6 is 0 Å². The largest absolute Gasteiger partial charge is 0.497 e. The summed E-state index contributed by atoms with van der Waals surface area (Å²) in [5.74, 6) is 0.353. The molecule has 1 fully saturated rings. The fourth-order valence-electron chi connectivity index (χ4n) is 3.60. The topological polar surface area (TPSA) is 58.6 Å². The highest BCUT2D eigenvalue weighted by Crippen LogP contribution is 2.35. The second kappa shape index (κ2) is 8.25. The van der Waals surface area contributed by atoms with Crippen molar-refractivity contribution in [2.24, 2.45) is 5.92 Å². The molecule has 5 heteroatoms. The van der Waals surface area contributed by atoms with E-state index >= 15 is 0 Å². The molecular weight excluding hydrogens is 340 g/mol. The van der Waals surface area contributed by atoms with Crippen LogP contribution in [0, 0.1) is 5.92 Å². The molecule has 0 saturated carbocycles. The van der Waals surface area contributed by atoms with Gasteiger partial charge >= 0.3 is 0 Å². The van der Waals surface area contributed by atoms with E-state index in [2.05, 4.69) is 5.32 Å². The normalized spacial score (nSPS) is 19.2. The minimum Gasteiger partial charge on any atom is -0.497 e. The number of rotatable bonds is 5. The number of methoxy groups -OCH3 is 1. The van der Waals surface area contributed by atoms with Crippen LogP contribution in [0.4, 0.5) is 0 Å². The zero-order valence-electron chi connectivity index (χ0n) is 16.0. The molecule has 0 aliphatic carbocycles. The molecule has 2 atom stereocenters. The van der Waals surface area contributed by atoms with Gasteiger partial charge in [0.15, 0.2) is 0 Å². The summed E-state index contributed by atoms with van der Waals surface area (Å²) in [5.41, 5.74) is 1.66. The monoisotopic (exact) mass is 366 g/mol. The number of amides is 2. The number of nitrogens with zero attached hydrogens (tertiary/aromatic N) is 1. The van der Waals surface area contributed by atoms with Crippen molar-refractivity contribution in [3.63, 3.8) is 0 Å².